The predicted molar refractivity (Wildman–Crippen MR) is 57.7 cm³/mol. The van der Waals surface area contributed by atoms with Gasteiger partial charge in [-0.25, -0.2) is 0 Å². The molecule has 0 unspecified atom stereocenters. The van der Waals surface area contributed by atoms with E-state index in [4.69, 9.17) is 0 Å². The quantitative estimate of drug-likeness (QED) is 0.304. The number of allylic oxidation sites excluding steroid dienone is 4. The van der Waals surface area contributed by atoms with Gasteiger partial charge in [0.15, 0.2) is 0 Å². The molecule has 2 aliphatic rings. The van der Waals surface area contributed by atoms with Gasteiger partial charge < -0.3 is 0 Å². The van der Waals surface area contributed by atoms with Crippen molar-refractivity contribution in [1.29, 1.82) is 0 Å². The van der Waals surface area contributed by atoms with Crippen molar-refractivity contribution in [3.63, 3.8) is 0 Å². The summed E-state index contributed by atoms with van der Waals surface area (Å²) in [6.07, 6.45) is 10.2. The van der Waals surface area contributed by atoms with Crippen molar-refractivity contribution < 1.29 is 10.1 Å². The second-order valence-corrected chi connectivity index (χ2v) is 15.6. The molecule has 0 amide bonds. The summed E-state index contributed by atoms with van der Waals surface area (Å²) in [7, 11) is 0.650. The van der Waals surface area contributed by atoms with Crippen LogP contribution in [0, 0.1) is 11.8 Å². The summed E-state index contributed by atoms with van der Waals surface area (Å²) in [6.45, 7) is 0. The van der Waals surface area contributed by atoms with E-state index in [1.807, 2.05) is 0 Å². The van der Waals surface area contributed by atoms with Gasteiger partial charge in [-0.3, -0.25) is 0 Å². The summed E-state index contributed by atoms with van der Waals surface area (Å²) in [5.74, 6) is 2.28. The van der Waals surface area contributed by atoms with Crippen molar-refractivity contribution in [3.05, 3.63) is 30.2 Å². The molecule has 2 bridgehead atoms. The van der Waals surface area contributed by atoms with Crippen LogP contribution < -0.4 is 0 Å². The van der Waals surface area contributed by atoms with E-state index < -0.39 is 0 Å². The number of hydrogen-bond donors (Lipinski definition) is 0. The van der Waals surface area contributed by atoms with Crippen LogP contribution in [0.2, 0.25) is 0 Å². The topological polar surface area (TPSA) is 0 Å². The molecule has 0 spiro atoms. The van der Waals surface area contributed by atoms with Crippen molar-refractivity contribution in [2.45, 2.75) is 6.42 Å². The second kappa shape index (κ2) is 5.15. The molecule has 0 nitrogen and oxygen atoms in total. The number of hydrogen-bond acceptors (Lipinski definition) is 0. The van der Waals surface area contributed by atoms with Crippen LogP contribution in [-0.4, -0.2) is 0 Å². The Morgan fingerprint density at radius 1 is 1.30 bits per heavy atom. The molecular formula is C7H7I2Ru-. The molecule has 0 aliphatic heterocycles. The maximum absolute atomic E-state index is 2.37. The van der Waals surface area contributed by atoms with Gasteiger partial charge in [0.1, 0.15) is 0 Å². The van der Waals surface area contributed by atoms with E-state index in [2.05, 4.69) is 63.8 Å². The average Bonchev–Trinajstić information content (AvgIpc) is 2.49. The summed E-state index contributed by atoms with van der Waals surface area (Å²) in [6, 6.07) is 0. The molecule has 0 atom stereocenters. The van der Waals surface area contributed by atoms with E-state index in [1.165, 1.54) is 12.3 Å². The van der Waals surface area contributed by atoms with Crippen LogP contribution in [0.25, 0.3) is 0 Å². The standard InChI is InChI=1S/C7H7.2HI.Ru/c1-2-7-4-3-6(1)5-7;;;/h1-4,6H,5H2;2*1H;/q-1;;;+2/p-2. The minimum atomic E-state index is 0.650. The van der Waals surface area contributed by atoms with Crippen LogP contribution in [0.3, 0.4) is 0 Å². The van der Waals surface area contributed by atoms with Gasteiger partial charge in [-0.15, -0.1) is 5.92 Å². The number of rotatable bonds is 0. The second-order valence-electron chi connectivity index (χ2n) is 2.21. The summed E-state index contributed by atoms with van der Waals surface area (Å²) >= 11 is 4.73. The Hall–Kier alpha value is 1.43. The van der Waals surface area contributed by atoms with E-state index in [-0.39, 0.29) is 0 Å². The molecule has 10 heavy (non-hydrogen) atoms. The van der Waals surface area contributed by atoms with E-state index >= 15 is 0 Å². The maximum atomic E-state index is 2.37. The molecule has 0 fully saturated rings. The molecule has 58 valence electrons. The molecule has 0 aromatic heterocycles. The Bertz CT molecular complexity index is 126. The van der Waals surface area contributed by atoms with E-state index in [1.54, 1.807) is 0 Å². The SMILES string of the molecule is C1=CC2C=C[C-]1C2.[I][Ru][I]. The van der Waals surface area contributed by atoms with Crippen LogP contribution in [-0.2, 0) is 10.1 Å². The molecule has 0 saturated heterocycles. The van der Waals surface area contributed by atoms with Crippen LogP contribution >= 0.6 is 39.5 Å². The van der Waals surface area contributed by atoms with Crippen LogP contribution in [0.4, 0.5) is 0 Å². The summed E-state index contributed by atoms with van der Waals surface area (Å²) in [5, 5.41) is 0. The van der Waals surface area contributed by atoms with Gasteiger partial charge in [0.25, 0.3) is 0 Å². The molecule has 0 saturated carbocycles. The van der Waals surface area contributed by atoms with E-state index in [0.717, 1.165) is 5.92 Å². The van der Waals surface area contributed by atoms with Crippen molar-refractivity contribution >= 4 is 39.5 Å². The first-order chi connectivity index (χ1) is 4.86. The Morgan fingerprint density at radius 3 is 1.90 bits per heavy atom. The fourth-order valence-corrected chi connectivity index (χ4v) is 1.16. The van der Waals surface area contributed by atoms with Crippen molar-refractivity contribution in [2.24, 2.45) is 5.92 Å². The summed E-state index contributed by atoms with van der Waals surface area (Å²) in [4.78, 5) is 0. The van der Waals surface area contributed by atoms with Crippen molar-refractivity contribution in [2.75, 3.05) is 0 Å². The van der Waals surface area contributed by atoms with Gasteiger partial charge in [0.05, 0.1) is 0 Å². The molecule has 0 N–H and O–H groups in total. The normalized spacial score (nSPS) is 20.0. The zero-order valence-corrected chi connectivity index (χ0v) is 11.3. The Balaban J connectivity index is 0.000000148. The van der Waals surface area contributed by atoms with E-state index in [0.29, 0.717) is 10.1 Å². The Labute approximate surface area is 90.9 Å². The van der Waals surface area contributed by atoms with Crippen LogP contribution in [0.1, 0.15) is 6.42 Å². The zero-order chi connectivity index (χ0) is 7.40. The Kier molecular flexibility index (Phi) is 4.90. The average molecular weight is 446 g/mol. The third-order valence-corrected chi connectivity index (χ3v) is 1.59. The summed E-state index contributed by atoms with van der Waals surface area (Å²) < 4.78 is 0. The third kappa shape index (κ3) is 2.82. The molecule has 2 aliphatic carbocycles. The van der Waals surface area contributed by atoms with Crippen LogP contribution in [0.5, 0.6) is 0 Å². The Morgan fingerprint density at radius 2 is 1.80 bits per heavy atom. The van der Waals surface area contributed by atoms with Gasteiger partial charge in [-0.1, -0.05) is 6.42 Å². The first-order valence-corrected chi connectivity index (χ1v) is 13.3. The van der Waals surface area contributed by atoms with Crippen molar-refractivity contribution in [3.8, 4) is 0 Å². The minimum absolute atomic E-state index is 0.650. The molecule has 0 aromatic rings. The fourth-order valence-electron chi connectivity index (χ4n) is 1.16. The van der Waals surface area contributed by atoms with Gasteiger partial charge >= 0.3 is 49.6 Å². The number of halogens is 2. The molecule has 3 heteroatoms. The van der Waals surface area contributed by atoms with Crippen molar-refractivity contribution in [1.82, 2.24) is 0 Å². The molecule has 2 rings (SSSR count). The summed E-state index contributed by atoms with van der Waals surface area (Å²) in [5.41, 5.74) is 0. The first-order valence-electron chi connectivity index (χ1n) is 2.94. The molecule has 0 aromatic carbocycles. The predicted octanol–water partition coefficient (Wildman–Crippen LogP) is 3.48. The van der Waals surface area contributed by atoms with E-state index in [9.17, 15) is 0 Å². The van der Waals surface area contributed by atoms with Crippen LogP contribution in [0.15, 0.2) is 24.3 Å². The van der Waals surface area contributed by atoms with Gasteiger partial charge in [-0.05, 0) is 0 Å². The monoisotopic (exact) mass is 447 g/mol. The molecule has 0 radical (unpaired) electrons. The van der Waals surface area contributed by atoms with Gasteiger partial charge in [-0.2, -0.15) is 30.2 Å². The molecular weight excluding hydrogens is 439 g/mol. The van der Waals surface area contributed by atoms with Gasteiger partial charge in [0, 0.05) is 0 Å². The zero-order valence-electron chi connectivity index (χ0n) is 5.20. The fraction of sp³-hybridized carbons (Fsp3) is 0.286. The number of fused-ring (bicyclic) bond motifs is 2. The third-order valence-electron chi connectivity index (χ3n) is 1.59. The van der Waals surface area contributed by atoms with Gasteiger partial charge in [0.2, 0.25) is 0 Å². The first kappa shape index (κ1) is 9.52. The molecule has 0 heterocycles.